The first-order chi connectivity index (χ1) is 12.5. The van der Waals surface area contributed by atoms with E-state index in [9.17, 15) is 8.78 Å². The molecule has 1 aliphatic heterocycles. The topological polar surface area (TPSA) is 89.2 Å². The second kappa shape index (κ2) is 6.41. The van der Waals surface area contributed by atoms with Crippen LogP contribution in [-0.4, -0.2) is 24.2 Å². The number of nitrogens with zero attached hydrogens (tertiary/aromatic N) is 3. The van der Waals surface area contributed by atoms with Gasteiger partial charge < -0.3 is 16.2 Å². The molecule has 0 radical (unpaired) electrons. The summed E-state index contributed by atoms with van der Waals surface area (Å²) in [6.07, 6.45) is 6.45. The van der Waals surface area contributed by atoms with E-state index < -0.39 is 17.3 Å². The minimum absolute atomic E-state index is 0.102. The number of guanidine groups is 2. The molecule has 1 spiro atoms. The molecule has 4 N–H and O–H groups in total. The zero-order chi connectivity index (χ0) is 18.3. The molecule has 1 aromatic rings. The average Bonchev–Trinajstić information content (AvgIpc) is 3.38. The molecule has 140 valence electrons. The Labute approximate surface area is 150 Å². The predicted octanol–water partition coefficient (Wildman–Crippen LogP) is 2.86. The van der Waals surface area contributed by atoms with Crippen molar-refractivity contribution in [2.45, 2.75) is 50.6 Å². The summed E-state index contributed by atoms with van der Waals surface area (Å²) in [4.78, 5) is 10.1. The standard InChI is InChI=1S/C18H23F2N5O/c19-13-8-12(9-14(20)15(13)26-10-11-4-5-11)25-17(22)23-16(21)24-18(25)6-2-1-3-7-18/h8-9,11H,1-7,10H2,(H4,21,22,23,24). The monoisotopic (exact) mass is 363 g/mol. The maximum Gasteiger partial charge on any atom is 0.220 e. The van der Waals surface area contributed by atoms with E-state index in [0.717, 1.165) is 32.1 Å². The largest absolute Gasteiger partial charge is 0.487 e. The molecule has 8 heteroatoms. The minimum atomic E-state index is -0.748. The summed E-state index contributed by atoms with van der Waals surface area (Å²) >= 11 is 0. The molecule has 1 heterocycles. The molecular weight excluding hydrogens is 340 g/mol. The number of rotatable bonds is 4. The van der Waals surface area contributed by atoms with Gasteiger partial charge in [0.25, 0.3) is 0 Å². The Morgan fingerprint density at radius 1 is 1.12 bits per heavy atom. The van der Waals surface area contributed by atoms with E-state index in [1.165, 1.54) is 12.1 Å². The van der Waals surface area contributed by atoms with Crippen molar-refractivity contribution in [3.63, 3.8) is 0 Å². The van der Waals surface area contributed by atoms with Gasteiger partial charge in [0.2, 0.25) is 11.9 Å². The Bertz CT molecular complexity index is 746. The van der Waals surface area contributed by atoms with Crippen LogP contribution >= 0.6 is 0 Å². The first-order valence-corrected chi connectivity index (χ1v) is 9.10. The molecule has 2 saturated carbocycles. The normalized spacial score (nSPS) is 22.2. The average molecular weight is 363 g/mol. The van der Waals surface area contributed by atoms with E-state index in [1.54, 1.807) is 4.90 Å². The summed E-state index contributed by atoms with van der Waals surface area (Å²) in [6.45, 7) is 0.339. The highest BCUT2D eigenvalue weighted by Gasteiger charge is 2.43. The molecule has 2 fully saturated rings. The van der Waals surface area contributed by atoms with E-state index in [4.69, 9.17) is 16.2 Å². The van der Waals surface area contributed by atoms with Crippen LogP contribution in [0.25, 0.3) is 0 Å². The van der Waals surface area contributed by atoms with Gasteiger partial charge in [0.1, 0.15) is 5.66 Å². The lowest BCUT2D eigenvalue weighted by Gasteiger charge is -2.45. The summed E-state index contributed by atoms with van der Waals surface area (Å²) in [6, 6.07) is 2.47. The van der Waals surface area contributed by atoms with Gasteiger partial charge in [-0.1, -0.05) is 6.42 Å². The number of benzene rings is 1. The van der Waals surface area contributed by atoms with Gasteiger partial charge in [0.05, 0.1) is 12.3 Å². The SMILES string of the molecule is NC1=NC2(CCCCC2)N(c2cc(F)c(OCC3CC3)c(F)c2)C(N)=N1. The summed E-state index contributed by atoms with van der Waals surface area (Å²) in [5.74, 6) is -1.23. The van der Waals surface area contributed by atoms with Crippen LogP contribution < -0.4 is 21.1 Å². The van der Waals surface area contributed by atoms with E-state index in [2.05, 4.69) is 9.98 Å². The molecule has 4 rings (SSSR count). The van der Waals surface area contributed by atoms with Crippen LogP contribution in [0.5, 0.6) is 5.75 Å². The first-order valence-electron chi connectivity index (χ1n) is 9.10. The van der Waals surface area contributed by atoms with Gasteiger partial charge >= 0.3 is 0 Å². The Morgan fingerprint density at radius 3 is 2.38 bits per heavy atom. The second-order valence-electron chi connectivity index (χ2n) is 7.31. The van der Waals surface area contributed by atoms with Crippen LogP contribution in [0.3, 0.4) is 0 Å². The third-order valence-electron chi connectivity index (χ3n) is 5.25. The summed E-state index contributed by atoms with van der Waals surface area (Å²) in [5.41, 5.74) is 11.5. The van der Waals surface area contributed by atoms with E-state index in [1.807, 2.05) is 0 Å². The quantitative estimate of drug-likeness (QED) is 0.861. The fraction of sp³-hybridized carbons (Fsp3) is 0.556. The van der Waals surface area contributed by atoms with Crippen molar-refractivity contribution in [1.82, 2.24) is 0 Å². The van der Waals surface area contributed by atoms with Gasteiger partial charge in [-0.2, -0.15) is 4.99 Å². The van der Waals surface area contributed by atoms with Crippen LogP contribution in [0.2, 0.25) is 0 Å². The highest BCUT2D eigenvalue weighted by molar-refractivity contribution is 6.05. The van der Waals surface area contributed by atoms with E-state index >= 15 is 0 Å². The lowest BCUT2D eigenvalue weighted by molar-refractivity contribution is 0.270. The fourth-order valence-corrected chi connectivity index (χ4v) is 3.79. The molecule has 0 bridgehead atoms. The van der Waals surface area contributed by atoms with E-state index in [-0.39, 0.29) is 23.4 Å². The third kappa shape index (κ3) is 3.08. The maximum absolute atomic E-state index is 14.6. The molecule has 3 aliphatic rings. The Balaban J connectivity index is 1.69. The van der Waals surface area contributed by atoms with Crippen molar-refractivity contribution in [1.29, 1.82) is 0 Å². The van der Waals surface area contributed by atoms with Crippen LogP contribution in [0.15, 0.2) is 22.1 Å². The van der Waals surface area contributed by atoms with Gasteiger partial charge in [0, 0.05) is 12.1 Å². The van der Waals surface area contributed by atoms with Crippen molar-refractivity contribution < 1.29 is 13.5 Å². The first kappa shape index (κ1) is 17.1. The van der Waals surface area contributed by atoms with Crippen LogP contribution in [0.4, 0.5) is 14.5 Å². The number of hydrogen-bond donors (Lipinski definition) is 2. The summed E-state index contributed by atoms with van der Waals surface area (Å²) in [7, 11) is 0. The van der Waals surface area contributed by atoms with Crippen molar-refractivity contribution in [3.8, 4) is 5.75 Å². The maximum atomic E-state index is 14.6. The van der Waals surface area contributed by atoms with E-state index in [0.29, 0.717) is 25.4 Å². The molecule has 1 aromatic carbocycles. The number of ether oxygens (including phenoxy) is 1. The predicted molar refractivity (Wildman–Crippen MR) is 96.1 cm³/mol. The van der Waals surface area contributed by atoms with Gasteiger partial charge in [-0.05, 0) is 44.4 Å². The second-order valence-corrected chi connectivity index (χ2v) is 7.31. The smallest absolute Gasteiger partial charge is 0.220 e. The lowest BCUT2D eigenvalue weighted by atomic mass is 9.87. The van der Waals surface area contributed by atoms with Crippen LogP contribution in [0, 0.1) is 17.6 Å². The number of aliphatic imine (C=N–C) groups is 2. The Hall–Kier alpha value is -2.38. The molecule has 2 aliphatic carbocycles. The molecular formula is C18H23F2N5O. The summed E-state index contributed by atoms with van der Waals surface area (Å²) in [5, 5.41) is 0. The van der Waals surface area contributed by atoms with Gasteiger partial charge in [0.15, 0.2) is 17.4 Å². The van der Waals surface area contributed by atoms with Crippen molar-refractivity contribution in [2.24, 2.45) is 27.4 Å². The molecule has 0 amide bonds. The molecule has 0 atom stereocenters. The number of halogens is 2. The van der Waals surface area contributed by atoms with Gasteiger partial charge in [-0.25, -0.2) is 13.8 Å². The molecule has 26 heavy (non-hydrogen) atoms. The van der Waals surface area contributed by atoms with Gasteiger partial charge in [-0.15, -0.1) is 0 Å². The summed E-state index contributed by atoms with van der Waals surface area (Å²) < 4.78 is 34.5. The zero-order valence-corrected chi connectivity index (χ0v) is 14.5. The zero-order valence-electron chi connectivity index (χ0n) is 14.5. The highest BCUT2D eigenvalue weighted by Crippen LogP contribution is 2.41. The van der Waals surface area contributed by atoms with Crippen LogP contribution in [-0.2, 0) is 0 Å². The highest BCUT2D eigenvalue weighted by atomic mass is 19.1. The number of anilines is 1. The Morgan fingerprint density at radius 2 is 1.77 bits per heavy atom. The molecule has 0 aromatic heterocycles. The molecule has 0 unspecified atom stereocenters. The van der Waals surface area contributed by atoms with Crippen molar-refractivity contribution in [3.05, 3.63) is 23.8 Å². The van der Waals surface area contributed by atoms with Crippen molar-refractivity contribution >= 4 is 17.6 Å². The fourth-order valence-electron chi connectivity index (χ4n) is 3.79. The van der Waals surface area contributed by atoms with Crippen LogP contribution in [0.1, 0.15) is 44.9 Å². The lowest BCUT2D eigenvalue weighted by Crippen LogP contribution is -2.58. The van der Waals surface area contributed by atoms with Gasteiger partial charge in [-0.3, -0.25) is 4.90 Å². The molecule has 6 nitrogen and oxygen atoms in total. The van der Waals surface area contributed by atoms with Crippen molar-refractivity contribution in [2.75, 3.05) is 11.5 Å². The number of hydrogen-bond acceptors (Lipinski definition) is 6. The Kier molecular flexibility index (Phi) is 4.20. The minimum Gasteiger partial charge on any atom is -0.487 e. The molecule has 0 saturated heterocycles. The third-order valence-corrected chi connectivity index (χ3v) is 5.25. The number of nitrogens with two attached hydrogens (primary N) is 2.